The molecular formula is C16H23ClN2O3S. The van der Waals surface area contributed by atoms with Gasteiger partial charge in [-0.1, -0.05) is 31.5 Å². The van der Waals surface area contributed by atoms with Gasteiger partial charge in [-0.25, -0.2) is 8.42 Å². The highest BCUT2D eigenvalue weighted by Crippen LogP contribution is 2.21. The predicted octanol–water partition coefficient (Wildman–Crippen LogP) is 2.61. The number of carbonyl (C=O) groups is 1. The first kappa shape index (κ1) is 18.2. The van der Waals surface area contributed by atoms with E-state index in [1.807, 2.05) is 0 Å². The van der Waals surface area contributed by atoms with Crippen LogP contribution in [0.15, 0.2) is 29.2 Å². The van der Waals surface area contributed by atoms with Gasteiger partial charge >= 0.3 is 0 Å². The second-order valence-corrected chi connectivity index (χ2v) is 8.55. The third-order valence-corrected chi connectivity index (χ3v) is 6.09. The average molecular weight is 359 g/mol. The van der Waals surface area contributed by atoms with Gasteiger partial charge in [0.25, 0.3) is 0 Å². The predicted molar refractivity (Wildman–Crippen MR) is 90.9 cm³/mol. The molecule has 1 aliphatic heterocycles. The zero-order valence-electron chi connectivity index (χ0n) is 13.5. The number of sulfonamides is 1. The number of rotatable bonds is 5. The van der Waals surface area contributed by atoms with E-state index < -0.39 is 10.0 Å². The van der Waals surface area contributed by atoms with E-state index in [9.17, 15) is 13.2 Å². The van der Waals surface area contributed by atoms with Gasteiger partial charge in [-0.15, -0.1) is 0 Å². The summed E-state index contributed by atoms with van der Waals surface area (Å²) in [6.07, 6.45) is 1.39. The first-order chi connectivity index (χ1) is 10.8. The number of benzene rings is 1. The summed E-state index contributed by atoms with van der Waals surface area (Å²) < 4.78 is 26.6. The van der Waals surface area contributed by atoms with E-state index in [4.69, 9.17) is 11.6 Å². The molecule has 128 valence electrons. The normalized spacial score (nSPS) is 16.8. The summed E-state index contributed by atoms with van der Waals surface area (Å²) in [5.41, 5.74) is 0. The van der Waals surface area contributed by atoms with Crippen LogP contribution in [0.1, 0.15) is 26.7 Å². The molecular weight excluding hydrogens is 336 g/mol. The van der Waals surface area contributed by atoms with Gasteiger partial charge in [-0.2, -0.15) is 4.31 Å². The van der Waals surface area contributed by atoms with Crippen molar-refractivity contribution in [3.63, 3.8) is 0 Å². The maximum atomic E-state index is 12.6. The molecule has 1 aromatic carbocycles. The molecule has 1 aromatic rings. The van der Waals surface area contributed by atoms with Crippen molar-refractivity contribution >= 4 is 27.5 Å². The Kier molecular flexibility index (Phi) is 6.06. The summed E-state index contributed by atoms with van der Waals surface area (Å²) in [7, 11) is -3.55. The Bertz CT molecular complexity index is 653. The molecule has 0 aliphatic carbocycles. The maximum Gasteiger partial charge on any atom is 0.243 e. The molecule has 1 fully saturated rings. The number of amides is 1. The fourth-order valence-electron chi connectivity index (χ4n) is 2.52. The highest BCUT2D eigenvalue weighted by Gasteiger charge is 2.30. The molecule has 0 aromatic heterocycles. The molecule has 1 saturated heterocycles. The number of hydrogen-bond donors (Lipinski definition) is 0. The minimum absolute atomic E-state index is 0.110. The largest absolute Gasteiger partial charge is 0.340 e. The zero-order chi connectivity index (χ0) is 17.0. The van der Waals surface area contributed by atoms with E-state index >= 15 is 0 Å². The van der Waals surface area contributed by atoms with Gasteiger partial charge in [-0.3, -0.25) is 4.79 Å². The summed E-state index contributed by atoms with van der Waals surface area (Å²) >= 11 is 5.88. The Morgan fingerprint density at radius 1 is 1.22 bits per heavy atom. The van der Waals surface area contributed by atoms with E-state index in [0.29, 0.717) is 43.5 Å². The summed E-state index contributed by atoms with van der Waals surface area (Å²) in [4.78, 5) is 14.1. The maximum absolute atomic E-state index is 12.6. The van der Waals surface area contributed by atoms with Gasteiger partial charge in [0.15, 0.2) is 0 Å². The van der Waals surface area contributed by atoms with Gasteiger partial charge in [-0.05, 0) is 30.5 Å². The molecule has 1 aliphatic rings. The van der Waals surface area contributed by atoms with Crippen LogP contribution in [0.2, 0.25) is 5.02 Å². The summed E-state index contributed by atoms with van der Waals surface area (Å²) in [5, 5.41) is 0.397. The van der Waals surface area contributed by atoms with Gasteiger partial charge in [0.05, 0.1) is 4.90 Å². The average Bonchev–Trinajstić information content (AvgIpc) is 2.52. The van der Waals surface area contributed by atoms with Crippen molar-refractivity contribution in [2.75, 3.05) is 26.2 Å². The molecule has 0 radical (unpaired) electrons. The van der Waals surface area contributed by atoms with E-state index in [1.54, 1.807) is 23.1 Å². The van der Waals surface area contributed by atoms with Gasteiger partial charge in [0, 0.05) is 37.6 Å². The molecule has 0 spiro atoms. The SMILES string of the molecule is CC(C)CCC(=O)N1CCN(S(=O)(=O)c2cccc(Cl)c2)CC1. The van der Waals surface area contributed by atoms with Gasteiger partial charge in [0.2, 0.25) is 15.9 Å². The van der Waals surface area contributed by atoms with Gasteiger partial charge < -0.3 is 4.90 Å². The minimum Gasteiger partial charge on any atom is -0.340 e. The molecule has 0 N–H and O–H groups in total. The molecule has 2 rings (SSSR count). The van der Waals surface area contributed by atoms with Crippen LogP contribution in [-0.2, 0) is 14.8 Å². The molecule has 1 amide bonds. The first-order valence-electron chi connectivity index (χ1n) is 7.84. The first-order valence-corrected chi connectivity index (χ1v) is 9.66. The highest BCUT2D eigenvalue weighted by atomic mass is 35.5. The topological polar surface area (TPSA) is 57.7 Å². The van der Waals surface area contributed by atoms with Crippen LogP contribution < -0.4 is 0 Å². The van der Waals surface area contributed by atoms with Crippen LogP contribution in [-0.4, -0.2) is 49.7 Å². The number of piperazine rings is 1. The number of carbonyl (C=O) groups excluding carboxylic acids is 1. The molecule has 1 heterocycles. The van der Waals surface area contributed by atoms with Crippen LogP contribution in [0, 0.1) is 5.92 Å². The van der Waals surface area contributed by atoms with Crippen molar-refractivity contribution in [1.29, 1.82) is 0 Å². The van der Waals surface area contributed by atoms with Crippen LogP contribution in [0.5, 0.6) is 0 Å². The Hall–Kier alpha value is -1.11. The van der Waals surface area contributed by atoms with Crippen LogP contribution >= 0.6 is 11.6 Å². The van der Waals surface area contributed by atoms with Crippen LogP contribution in [0.4, 0.5) is 0 Å². The Balaban J connectivity index is 1.97. The van der Waals surface area contributed by atoms with Crippen molar-refractivity contribution in [1.82, 2.24) is 9.21 Å². The molecule has 7 heteroatoms. The third-order valence-electron chi connectivity index (χ3n) is 3.96. The highest BCUT2D eigenvalue weighted by molar-refractivity contribution is 7.89. The monoisotopic (exact) mass is 358 g/mol. The van der Waals surface area contributed by atoms with E-state index in [-0.39, 0.29) is 10.8 Å². The molecule has 0 saturated carbocycles. The van der Waals surface area contributed by atoms with Crippen molar-refractivity contribution in [3.8, 4) is 0 Å². The quantitative estimate of drug-likeness (QED) is 0.813. The second-order valence-electron chi connectivity index (χ2n) is 6.17. The zero-order valence-corrected chi connectivity index (χ0v) is 15.1. The summed E-state index contributed by atoms with van der Waals surface area (Å²) in [6, 6.07) is 6.27. The molecule has 0 unspecified atom stereocenters. The number of halogens is 1. The number of nitrogens with zero attached hydrogens (tertiary/aromatic N) is 2. The standard InChI is InChI=1S/C16H23ClN2O3S/c1-13(2)6-7-16(20)18-8-10-19(11-9-18)23(21,22)15-5-3-4-14(17)12-15/h3-5,12-13H,6-11H2,1-2H3. The Labute approximate surface area is 143 Å². The summed E-state index contributed by atoms with van der Waals surface area (Å²) in [6.45, 7) is 5.70. The summed E-state index contributed by atoms with van der Waals surface area (Å²) in [5.74, 6) is 0.599. The second kappa shape index (κ2) is 7.64. The molecule has 23 heavy (non-hydrogen) atoms. The van der Waals surface area contributed by atoms with Crippen molar-refractivity contribution in [2.45, 2.75) is 31.6 Å². The molecule has 5 nitrogen and oxygen atoms in total. The molecule has 0 bridgehead atoms. The minimum atomic E-state index is -3.55. The van der Waals surface area contributed by atoms with Gasteiger partial charge in [0.1, 0.15) is 0 Å². The van der Waals surface area contributed by atoms with E-state index in [2.05, 4.69) is 13.8 Å². The van der Waals surface area contributed by atoms with Crippen LogP contribution in [0.3, 0.4) is 0 Å². The lowest BCUT2D eigenvalue weighted by atomic mass is 10.1. The third kappa shape index (κ3) is 4.68. The Morgan fingerprint density at radius 2 is 1.87 bits per heavy atom. The smallest absolute Gasteiger partial charge is 0.243 e. The van der Waals surface area contributed by atoms with Crippen molar-refractivity contribution in [2.24, 2.45) is 5.92 Å². The van der Waals surface area contributed by atoms with E-state index in [0.717, 1.165) is 6.42 Å². The van der Waals surface area contributed by atoms with Crippen molar-refractivity contribution in [3.05, 3.63) is 29.3 Å². The molecule has 0 atom stereocenters. The fourth-order valence-corrected chi connectivity index (χ4v) is 4.25. The Morgan fingerprint density at radius 3 is 2.43 bits per heavy atom. The van der Waals surface area contributed by atoms with E-state index in [1.165, 1.54) is 10.4 Å². The lowest BCUT2D eigenvalue weighted by molar-refractivity contribution is -0.132. The van der Waals surface area contributed by atoms with Crippen molar-refractivity contribution < 1.29 is 13.2 Å². The number of hydrogen-bond acceptors (Lipinski definition) is 3. The van der Waals surface area contributed by atoms with Crippen LogP contribution in [0.25, 0.3) is 0 Å². The lowest BCUT2D eigenvalue weighted by Crippen LogP contribution is -2.50. The fraction of sp³-hybridized carbons (Fsp3) is 0.562. The lowest BCUT2D eigenvalue weighted by Gasteiger charge is -2.34.